The van der Waals surface area contributed by atoms with Crippen molar-refractivity contribution >= 4 is 27.5 Å². The standard InChI is InChI=1S/C13H17BrClNO/c1-17-12-8-11(15)9(7-10(12)14)13(16)5-3-2-4-6-13/h7-8H,2-6,16H2,1H3. The molecule has 1 aromatic carbocycles. The number of nitrogens with two attached hydrogens (primary N) is 1. The van der Waals surface area contributed by atoms with Gasteiger partial charge in [0.15, 0.2) is 0 Å². The number of halogens is 2. The van der Waals surface area contributed by atoms with Gasteiger partial charge in [-0.2, -0.15) is 0 Å². The molecule has 0 heterocycles. The Labute approximate surface area is 116 Å². The summed E-state index contributed by atoms with van der Waals surface area (Å²) in [5, 5.41) is 0.703. The Bertz CT molecular complexity index is 416. The Hall–Kier alpha value is -0.250. The van der Waals surface area contributed by atoms with Crippen LogP contribution in [0, 0.1) is 0 Å². The summed E-state index contributed by atoms with van der Waals surface area (Å²) in [4.78, 5) is 0. The molecule has 1 aliphatic carbocycles. The molecule has 94 valence electrons. The van der Waals surface area contributed by atoms with E-state index in [-0.39, 0.29) is 5.54 Å². The van der Waals surface area contributed by atoms with Crippen LogP contribution in [0.5, 0.6) is 5.75 Å². The fourth-order valence-electron chi connectivity index (χ4n) is 2.52. The average Bonchev–Trinajstić information content (AvgIpc) is 2.32. The maximum absolute atomic E-state index is 6.50. The Kier molecular flexibility index (Phi) is 4.01. The third-order valence-electron chi connectivity index (χ3n) is 3.52. The van der Waals surface area contributed by atoms with E-state index in [0.717, 1.165) is 28.6 Å². The summed E-state index contributed by atoms with van der Waals surface area (Å²) in [6, 6.07) is 3.84. The first-order valence-electron chi connectivity index (χ1n) is 5.89. The number of hydrogen-bond donors (Lipinski definition) is 1. The largest absolute Gasteiger partial charge is 0.496 e. The lowest BCUT2D eigenvalue weighted by molar-refractivity contribution is 0.302. The van der Waals surface area contributed by atoms with Crippen LogP contribution in [0.15, 0.2) is 16.6 Å². The lowest BCUT2D eigenvalue weighted by Crippen LogP contribution is -2.38. The SMILES string of the molecule is COc1cc(Cl)c(C2(N)CCCCC2)cc1Br. The first-order chi connectivity index (χ1) is 8.07. The van der Waals surface area contributed by atoms with E-state index >= 15 is 0 Å². The van der Waals surface area contributed by atoms with E-state index in [1.54, 1.807) is 7.11 Å². The summed E-state index contributed by atoms with van der Waals surface area (Å²) in [5.74, 6) is 0.748. The highest BCUT2D eigenvalue weighted by molar-refractivity contribution is 9.10. The van der Waals surface area contributed by atoms with Crippen LogP contribution in [0.1, 0.15) is 37.7 Å². The van der Waals surface area contributed by atoms with E-state index in [1.165, 1.54) is 19.3 Å². The lowest BCUT2D eigenvalue weighted by atomic mass is 9.77. The quantitative estimate of drug-likeness (QED) is 0.885. The molecular weight excluding hydrogens is 302 g/mol. The third kappa shape index (κ3) is 2.61. The molecule has 1 aromatic rings. The normalized spacial score (nSPS) is 19.1. The van der Waals surface area contributed by atoms with Crippen LogP contribution in [-0.2, 0) is 5.54 Å². The summed E-state index contributed by atoms with van der Waals surface area (Å²) in [6.07, 6.45) is 5.64. The minimum Gasteiger partial charge on any atom is -0.496 e. The third-order valence-corrected chi connectivity index (χ3v) is 4.46. The molecule has 0 aliphatic heterocycles. The Balaban J connectivity index is 2.41. The van der Waals surface area contributed by atoms with Crippen molar-refractivity contribution in [1.29, 1.82) is 0 Å². The highest BCUT2D eigenvalue weighted by Gasteiger charge is 2.31. The zero-order valence-electron chi connectivity index (χ0n) is 9.93. The highest BCUT2D eigenvalue weighted by Crippen LogP contribution is 2.41. The number of benzene rings is 1. The van der Waals surface area contributed by atoms with E-state index < -0.39 is 0 Å². The molecule has 2 rings (SSSR count). The van der Waals surface area contributed by atoms with Gasteiger partial charge in [-0.3, -0.25) is 0 Å². The fourth-order valence-corrected chi connectivity index (χ4v) is 3.37. The first-order valence-corrected chi connectivity index (χ1v) is 7.06. The number of ether oxygens (including phenoxy) is 1. The lowest BCUT2D eigenvalue weighted by Gasteiger charge is -2.34. The van der Waals surface area contributed by atoms with Crippen molar-refractivity contribution in [3.8, 4) is 5.75 Å². The van der Waals surface area contributed by atoms with Gasteiger partial charge < -0.3 is 10.5 Å². The fraction of sp³-hybridized carbons (Fsp3) is 0.538. The van der Waals surface area contributed by atoms with Crippen molar-refractivity contribution < 1.29 is 4.74 Å². The number of rotatable bonds is 2. The number of hydrogen-bond acceptors (Lipinski definition) is 2. The molecular formula is C13H17BrClNO. The Morgan fingerprint density at radius 2 is 1.94 bits per heavy atom. The van der Waals surface area contributed by atoms with Crippen molar-refractivity contribution in [3.63, 3.8) is 0 Å². The highest BCUT2D eigenvalue weighted by atomic mass is 79.9. The van der Waals surface area contributed by atoms with Gasteiger partial charge in [0.1, 0.15) is 5.75 Å². The van der Waals surface area contributed by atoms with Crippen LogP contribution in [0.2, 0.25) is 5.02 Å². The Morgan fingerprint density at radius 3 is 2.53 bits per heavy atom. The van der Waals surface area contributed by atoms with E-state index in [2.05, 4.69) is 15.9 Å². The van der Waals surface area contributed by atoms with Crippen LogP contribution >= 0.6 is 27.5 Å². The van der Waals surface area contributed by atoms with Crippen LogP contribution in [-0.4, -0.2) is 7.11 Å². The molecule has 0 atom stereocenters. The second-order valence-electron chi connectivity index (χ2n) is 4.68. The second kappa shape index (κ2) is 5.17. The molecule has 0 bridgehead atoms. The van der Waals surface area contributed by atoms with Crippen molar-refractivity contribution in [2.75, 3.05) is 7.11 Å². The van der Waals surface area contributed by atoms with E-state index in [1.807, 2.05) is 12.1 Å². The summed E-state index contributed by atoms with van der Waals surface area (Å²) < 4.78 is 6.14. The molecule has 1 fully saturated rings. The minimum absolute atomic E-state index is 0.274. The summed E-state index contributed by atoms with van der Waals surface area (Å²) in [5.41, 5.74) is 7.26. The first kappa shape index (κ1) is 13.2. The smallest absolute Gasteiger partial charge is 0.134 e. The molecule has 1 aliphatic rings. The summed E-state index contributed by atoms with van der Waals surface area (Å²) in [6.45, 7) is 0. The van der Waals surface area contributed by atoms with E-state index in [4.69, 9.17) is 22.1 Å². The van der Waals surface area contributed by atoms with Crippen molar-refractivity contribution in [3.05, 3.63) is 27.2 Å². The van der Waals surface area contributed by atoms with Gasteiger partial charge in [0.2, 0.25) is 0 Å². The molecule has 2 nitrogen and oxygen atoms in total. The molecule has 0 spiro atoms. The zero-order valence-corrected chi connectivity index (χ0v) is 12.3. The van der Waals surface area contributed by atoms with Gasteiger partial charge in [-0.1, -0.05) is 30.9 Å². The average molecular weight is 319 g/mol. The topological polar surface area (TPSA) is 35.2 Å². The summed E-state index contributed by atoms with van der Waals surface area (Å²) in [7, 11) is 1.63. The van der Waals surface area contributed by atoms with Crippen molar-refractivity contribution in [2.45, 2.75) is 37.6 Å². The summed E-state index contributed by atoms with van der Waals surface area (Å²) >= 11 is 9.82. The van der Waals surface area contributed by atoms with Gasteiger partial charge in [-0.15, -0.1) is 0 Å². The van der Waals surface area contributed by atoms with E-state index in [0.29, 0.717) is 5.02 Å². The van der Waals surface area contributed by atoms with Crippen LogP contribution in [0.3, 0.4) is 0 Å². The van der Waals surface area contributed by atoms with Gasteiger partial charge in [-0.25, -0.2) is 0 Å². The van der Waals surface area contributed by atoms with Gasteiger partial charge in [0.25, 0.3) is 0 Å². The van der Waals surface area contributed by atoms with Crippen molar-refractivity contribution in [2.24, 2.45) is 5.73 Å². The molecule has 0 radical (unpaired) electrons. The molecule has 0 aromatic heterocycles. The number of methoxy groups -OCH3 is 1. The predicted octanol–water partition coefficient (Wildman–Crippen LogP) is 4.23. The van der Waals surface area contributed by atoms with Gasteiger partial charge in [-0.05, 0) is 40.4 Å². The van der Waals surface area contributed by atoms with Gasteiger partial charge >= 0.3 is 0 Å². The van der Waals surface area contributed by atoms with Gasteiger partial charge in [0.05, 0.1) is 11.6 Å². The predicted molar refractivity (Wildman–Crippen MR) is 74.7 cm³/mol. The molecule has 0 amide bonds. The molecule has 4 heteroatoms. The monoisotopic (exact) mass is 317 g/mol. The Morgan fingerprint density at radius 1 is 1.29 bits per heavy atom. The van der Waals surface area contributed by atoms with Crippen LogP contribution in [0.4, 0.5) is 0 Å². The van der Waals surface area contributed by atoms with Crippen molar-refractivity contribution in [1.82, 2.24) is 0 Å². The molecule has 1 saturated carbocycles. The zero-order chi connectivity index (χ0) is 12.5. The maximum Gasteiger partial charge on any atom is 0.134 e. The maximum atomic E-state index is 6.50. The minimum atomic E-state index is -0.274. The van der Waals surface area contributed by atoms with Gasteiger partial charge in [0, 0.05) is 16.6 Å². The molecule has 17 heavy (non-hydrogen) atoms. The molecule has 0 saturated heterocycles. The van der Waals surface area contributed by atoms with Crippen LogP contribution in [0.25, 0.3) is 0 Å². The second-order valence-corrected chi connectivity index (χ2v) is 5.94. The molecule has 2 N–H and O–H groups in total. The van der Waals surface area contributed by atoms with Crippen LogP contribution < -0.4 is 10.5 Å². The molecule has 0 unspecified atom stereocenters. The van der Waals surface area contributed by atoms with E-state index in [9.17, 15) is 0 Å².